The van der Waals surface area contributed by atoms with E-state index >= 15 is 0 Å². The molecule has 0 heterocycles. The van der Waals surface area contributed by atoms with Crippen LogP contribution in [-0.4, -0.2) is 23.9 Å². The molecule has 0 nitrogen and oxygen atoms in total. The molecule has 0 unspecified atom stereocenters. The molecule has 0 rings (SSSR count). The SMILES string of the molecule is [Cu].[Fe].[Mn].[Ni].[SnH4]. The van der Waals surface area contributed by atoms with Crippen molar-refractivity contribution in [2.45, 2.75) is 0 Å². The van der Waals surface area contributed by atoms with Gasteiger partial charge in [-0.05, 0) is 0 Å². The summed E-state index contributed by atoms with van der Waals surface area (Å²) in [6.45, 7) is 0. The second-order valence-corrected chi connectivity index (χ2v) is 0. The van der Waals surface area contributed by atoms with Crippen LogP contribution in [0.4, 0.5) is 0 Å². The van der Waals surface area contributed by atoms with E-state index in [0.717, 1.165) is 0 Å². The van der Waals surface area contributed by atoms with Gasteiger partial charge >= 0.3 is 23.9 Å². The quantitative estimate of drug-likeness (QED) is 0.466. The van der Waals surface area contributed by atoms with Crippen LogP contribution >= 0.6 is 0 Å². The Balaban J connectivity index is 0. The summed E-state index contributed by atoms with van der Waals surface area (Å²) < 4.78 is 0. The summed E-state index contributed by atoms with van der Waals surface area (Å²) in [7, 11) is 0. The summed E-state index contributed by atoms with van der Waals surface area (Å²) in [6.07, 6.45) is 0. The van der Waals surface area contributed by atoms with E-state index in [1.165, 1.54) is 0 Å². The first kappa shape index (κ1) is 45.3. The van der Waals surface area contributed by atoms with E-state index in [1.54, 1.807) is 0 Å². The van der Waals surface area contributed by atoms with Gasteiger partial charge in [0.05, 0.1) is 0 Å². The first-order valence-electron chi connectivity index (χ1n) is 0. The maximum absolute atomic E-state index is 0. The van der Waals surface area contributed by atoms with Crippen LogP contribution in [-0.2, 0) is 67.7 Å². The zero-order valence-electron chi connectivity index (χ0n) is 1.35. The monoisotopic (exact) mass is 356 g/mol. The standard InChI is InChI=1S/Cu.Fe.Mn.Ni.Sn.4H. The van der Waals surface area contributed by atoms with Gasteiger partial charge in [-0.1, -0.05) is 0 Å². The zero-order chi connectivity index (χ0) is 0. The number of hydrogen-bond donors (Lipinski definition) is 0. The van der Waals surface area contributed by atoms with E-state index in [4.69, 9.17) is 0 Å². The van der Waals surface area contributed by atoms with Crippen LogP contribution in [0.2, 0.25) is 0 Å². The first-order chi connectivity index (χ1) is 0. The molecule has 0 spiro atoms. The molecule has 0 aliphatic carbocycles. The molecular weight excluding hydrogens is 352 g/mol. The van der Waals surface area contributed by atoms with Gasteiger partial charge in [0.1, 0.15) is 0 Å². The van der Waals surface area contributed by atoms with Crippen LogP contribution in [0.3, 0.4) is 0 Å². The Labute approximate surface area is 90.3 Å². The summed E-state index contributed by atoms with van der Waals surface area (Å²) in [5.41, 5.74) is 0. The molecule has 0 aliphatic heterocycles. The van der Waals surface area contributed by atoms with Gasteiger partial charge in [-0.3, -0.25) is 0 Å². The third kappa shape index (κ3) is 19.8. The van der Waals surface area contributed by atoms with E-state index in [2.05, 4.69) is 0 Å². The molecule has 5 heavy (non-hydrogen) atoms. The summed E-state index contributed by atoms with van der Waals surface area (Å²) in [5.74, 6) is 0. The molecule has 0 aromatic carbocycles. The van der Waals surface area contributed by atoms with Crippen molar-refractivity contribution in [2.24, 2.45) is 0 Å². The van der Waals surface area contributed by atoms with Crippen molar-refractivity contribution < 1.29 is 67.7 Å². The first-order valence-corrected chi connectivity index (χ1v) is 0. The van der Waals surface area contributed by atoms with E-state index < -0.39 is 0 Å². The van der Waals surface area contributed by atoms with E-state index in [1.807, 2.05) is 0 Å². The van der Waals surface area contributed by atoms with Gasteiger partial charge in [0, 0.05) is 67.7 Å². The summed E-state index contributed by atoms with van der Waals surface area (Å²) in [6, 6.07) is 0. The zero-order valence-corrected chi connectivity index (χ0v) is 5.56. The van der Waals surface area contributed by atoms with E-state index in [0.29, 0.717) is 0 Å². The summed E-state index contributed by atoms with van der Waals surface area (Å²) in [5, 5.41) is 0. The average molecular weight is 356 g/mol. The van der Waals surface area contributed by atoms with Gasteiger partial charge < -0.3 is 0 Å². The third-order valence-corrected chi connectivity index (χ3v) is 0. The normalized spacial score (nSPS) is 0. The van der Waals surface area contributed by atoms with Crippen molar-refractivity contribution in [1.82, 2.24) is 0 Å². The fourth-order valence-electron chi connectivity index (χ4n) is 0. The molecule has 0 bridgehead atoms. The molecular formula is H4CuFeMnNiSn. The fraction of sp³-hybridized carbons (Fsp3) is 0. The van der Waals surface area contributed by atoms with Gasteiger partial charge in [0.25, 0.3) is 0 Å². The van der Waals surface area contributed by atoms with Crippen molar-refractivity contribution in [3.63, 3.8) is 0 Å². The van der Waals surface area contributed by atoms with Crippen LogP contribution in [0.5, 0.6) is 0 Å². The van der Waals surface area contributed by atoms with Crippen LogP contribution < -0.4 is 0 Å². The summed E-state index contributed by atoms with van der Waals surface area (Å²) in [4.78, 5) is 0. The molecule has 0 N–H and O–H groups in total. The molecule has 0 fully saturated rings. The molecule has 5 heteroatoms. The van der Waals surface area contributed by atoms with Gasteiger partial charge in [0.15, 0.2) is 0 Å². The van der Waals surface area contributed by atoms with E-state index in [-0.39, 0.29) is 91.6 Å². The minimum absolute atomic E-state index is 0. The van der Waals surface area contributed by atoms with E-state index in [9.17, 15) is 0 Å². The average Bonchev–Trinajstić information content (AvgIpc) is 0. The Hall–Kier alpha value is 2.85. The Bertz CT molecular complexity index is 11.6. The molecule has 44 valence electrons. The molecule has 0 amide bonds. The van der Waals surface area contributed by atoms with Gasteiger partial charge in [-0.15, -0.1) is 0 Å². The Morgan fingerprint density at radius 1 is 1.00 bits per heavy atom. The molecule has 0 saturated heterocycles. The summed E-state index contributed by atoms with van der Waals surface area (Å²) >= 11 is 0. The second-order valence-electron chi connectivity index (χ2n) is 0. The van der Waals surface area contributed by atoms with Crippen molar-refractivity contribution in [3.8, 4) is 0 Å². The number of rotatable bonds is 0. The maximum atomic E-state index is 0. The second kappa shape index (κ2) is 28.9. The molecule has 0 aromatic rings. The van der Waals surface area contributed by atoms with Crippen LogP contribution in [0.1, 0.15) is 0 Å². The van der Waals surface area contributed by atoms with Crippen molar-refractivity contribution in [2.75, 3.05) is 0 Å². The third-order valence-electron chi connectivity index (χ3n) is 0. The van der Waals surface area contributed by atoms with Gasteiger partial charge in [0.2, 0.25) is 0 Å². The topological polar surface area (TPSA) is 0 Å². The molecule has 2 radical (unpaired) electrons. The van der Waals surface area contributed by atoms with Crippen LogP contribution in [0, 0.1) is 0 Å². The fourth-order valence-corrected chi connectivity index (χ4v) is 0. The molecule has 0 atom stereocenters. The van der Waals surface area contributed by atoms with Crippen molar-refractivity contribution in [1.29, 1.82) is 0 Å². The van der Waals surface area contributed by atoms with Crippen molar-refractivity contribution in [3.05, 3.63) is 0 Å². The predicted octanol–water partition coefficient (Wildman–Crippen LogP) is -1.46. The van der Waals surface area contributed by atoms with Gasteiger partial charge in [-0.25, -0.2) is 0 Å². The van der Waals surface area contributed by atoms with Crippen LogP contribution in [0.15, 0.2) is 0 Å². The predicted molar refractivity (Wildman–Crippen MR) is 11.3 cm³/mol. The minimum atomic E-state index is 0. The van der Waals surface area contributed by atoms with Crippen molar-refractivity contribution >= 4 is 23.9 Å². The molecule has 0 aromatic heterocycles. The Morgan fingerprint density at radius 2 is 1.00 bits per heavy atom. The van der Waals surface area contributed by atoms with Crippen LogP contribution in [0.25, 0.3) is 0 Å². The van der Waals surface area contributed by atoms with Gasteiger partial charge in [-0.2, -0.15) is 0 Å². The Kier molecular flexibility index (Phi) is 262. The Morgan fingerprint density at radius 3 is 1.00 bits per heavy atom. The number of hydrogen-bond acceptors (Lipinski definition) is 0. The molecule has 0 aliphatic rings. The molecule has 0 saturated carbocycles.